The Morgan fingerprint density at radius 1 is 1.14 bits per heavy atom. The van der Waals surface area contributed by atoms with E-state index in [2.05, 4.69) is 20.2 Å². The first-order chi connectivity index (χ1) is 14.1. The first-order valence-corrected chi connectivity index (χ1v) is 11.8. The fourth-order valence-corrected chi connectivity index (χ4v) is 4.87. The molecule has 9 heteroatoms. The van der Waals surface area contributed by atoms with E-state index in [0.29, 0.717) is 31.3 Å². The van der Waals surface area contributed by atoms with E-state index in [4.69, 9.17) is 4.74 Å². The summed E-state index contributed by atoms with van der Waals surface area (Å²) in [5.74, 6) is 2.34. The fourth-order valence-electron chi connectivity index (χ4n) is 3.59. The summed E-state index contributed by atoms with van der Waals surface area (Å²) in [6, 6.07) is 9.63. The third-order valence-electron chi connectivity index (χ3n) is 5.51. The number of pyridine rings is 1. The third-order valence-corrected chi connectivity index (χ3v) is 7.12. The van der Waals surface area contributed by atoms with Gasteiger partial charge < -0.3 is 4.74 Å². The van der Waals surface area contributed by atoms with Crippen molar-refractivity contribution in [2.75, 3.05) is 24.6 Å². The Kier molecular flexibility index (Phi) is 4.71. The predicted molar refractivity (Wildman–Crippen MR) is 108 cm³/mol. The summed E-state index contributed by atoms with van der Waals surface area (Å²) in [7, 11) is -2.89. The van der Waals surface area contributed by atoms with Crippen LogP contribution in [0.5, 0.6) is 11.6 Å². The summed E-state index contributed by atoms with van der Waals surface area (Å²) < 4.78 is 31.3. The van der Waals surface area contributed by atoms with Crippen LogP contribution in [0, 0.1) is 5.92 Å². The zero-order valence-electron chi connectivity index (χ0n) is 16.1. The number of benzene rings is 1. The van der Waals surface area contributed by atoms with Gasteiger partial charge in [0.25, 0.3) is 0 Å². The van der Waals surface area contributed by atoms with Crippen LogP contribution in [0.1, 0.15) is 18.4 Å². The standard InChI is InChI=1S/C20H23N5O3S/c26-29(27)10-8-24(9-11-29)14-16-2-1-7-21-20(16)28-17-5-6-19-18(12-17)22-23-25(19)13-15-3-4-15/h1-2,5-7,12,15H,3-4,8-11,13-14H2. The van der Waals surface area contributed by atoms with Crippen molar-refractivity contribution in [3.05, 3.63) is 42.1 Å². The van der Waals surface area contributed by atoms with Crippen LogP contribution in [0.4, 0.5) is 0 Å². The fraction of sp³-hybridized carbons (Fsp3) is 0.450. The highest BCUT2D eigenvalue weighted by atomic mass is 32.2. The summed E-state index contributed by atoms with van der Waals surface area (Å²) in [6.07, 6.45) is 4.24. The monoisotopic (exact) mass is 413 g/mol. The molecule has 3 aromatic rings. The molecule has 1 saturated carbocycles. The van der Waals surface area contributed by atoms with Crippen molar-refractivity contribution in [3.8, 4) is 11.6 Å². The van der Waals surface area contributed by atoms with Gasteiger partial charge in [0.15, 0.2) is 9.84 Å². The molecule has 1 aliphatic carbocycles. The number of hydrogen-bond acceptors (Lipinski definition) is 7. The van der Waals surface area contributed by atoms with Crippen LogP contribution in [0.25, 0.3) is 11.0 Å². The second kappa shape index (κ2) is 7.38. The molecule has 0 bridgehead atoms. The molecule has 0 atom stereocenters. The van der Waals surface area contributed by atoms with Crippen LogP contribution in [-0.4, -0.2) is 57.9 Å². The molecule has 29 heavy (non-hydrogen) atoms. The minimum Gasteiger partial charge on any atom is -0.439 e. The molecule has 2 aromatic heterocycles. The highest BCUT2D eigenvalue weighted by molar-refractivity contribution is 7.91. The molecule has 8 nitrogen and oxygen atoms in total. The molecule has 0 amide bonds. The van der Waals surface area contributed by atoms with E-state index in [1.807, 2.05) is 35.0 Å². The lowest BCUT2D eigenvalue weighted by Crippen LogP contribution is -2.39. The van der Waals surface area contributed by atoms with Crippen molar-refractivity contribution in [3.63, 3.8) is 0 Å². The van der Waals surface area contributed by atoms with Gasteiger partial charge in [0.05, 0.1) is 17.0 Å². The van der Waals surface area contributed by atoms with Gasteiger partial charge in [-0.3, -0.25) is 4.90 Å². The van der Waals surface area contributed by atoms with Crippen LogP contribution in [0.15, 0.2) is 36.5 Å². The molecule has 1 aliphatic heterocycles. The third kappa shape index (κ3) is 4.25. The molecular formula is C20H23N5O3S. The second-order valence-corrected chi connectivity index (χ2v) is 10.2. The molecular weight excluding hydrogens is 390 g/mol. The summed E-state index contributed by atoms with van der Waals surface area (Å²) in [5.41, 5.74) is 2.76. The van der Waals surface area contributed by atoms with Crippen LogP contribution < -0.4 is 4.74 Å². The molecule has 152 valence electrons. The first kappa shape index (κ1) is 18.5. The number of nitrogens with zero attached hydrogens (tertiary/aromatic N) is 5. The van der Waals surface area contributed by atoms with E-state index in [1.54, 1.807) is 6.20 Å². The Morgan fingerprint density at radius 2 is 1.97 bits per heavy atom. The number of sulfone groups is 1. The van der Waals surface area contributed by atoms with Crippen molar-refractivity contribution in [2.24, 2.45) is 5.92 Å². The van der Waals surface area contributed by atoms with E-state index < -0.39 is 9.84 Å². The molecule has 0 N–H and O–H groups in total. The second-order valence-electron chi connectivity index (χ2n) is 7.86. The summed E-state index contributed by atoms with van der Waals surface area (Å²) in [6.45, 7) is 2.60. The largest absolute Gasteiger partial charge is 0.439 e. The lowest BCUT2D eigenvalue weighted by atomic mass is 10.2. The predicted octanol–water partition coefficient (Wildman–Crippen LogP) is 2.26. The maximum absolute atomic E-state index is 11.7. The zero-order valence-corrected chi connectivity index (χ0v) is 16.9. The van der Waals surface area contributed by atoms with Crippen LogP contribution in [0.2, 0.25) is 0 Å². The van der Waals surface area contributed by atoms with Crippen molar-refractivity contribution in [2.45, 2.75) is 25.9 Å². The van der Waals surface area contributed by atoms with E-state index in [1.165, 1.54) is 12.8 Å². The van der Waals surface area contributed by atoms with Gasteiger partial charge in [0.1, 0.15) is 11.3 Å². The molecule has 3 heterocycles. The number of fused-ring (bicyclic) bond motifs is 1. The highest BCUT2D eigenvalue weighted by Gasteiger charge is 2.24. The first-order valence-electron chi connectivity index (χ1n) is 9.93. The van der Waals surface area contributed by atoms with E-state index in [9.17, 15) is 8.42 Å². The van der Waals surface area contributed by atoms with E-state index >= 15 is 0 Å². The van der Waals surface area contributed by atoms with E-state index in [-0.39, 0.29) is 11.5 Å². The normalized spacial score (nSPS) is 19.4. The molecule has 0 radical (unpaired) electrons. The molecule has 1 saturated heterocycles. The number of rotatable bonds is 6. The number of ether oxygens (including phenoxy) is 1. The summed E-state index contributed by atoms with van der Waals surface area (Å²) >= 11 is 0. The van der Waals surface area contributed by atoms with Gasteiger partial charge in [0, 0.05) is 44.0 Å². The van der Waals surface area contributed by atoms with Crippen LogP contribution in [-0.2, 0) is 22.9 Å². The molecule has 1 aromatic carbocycles. The highest BCUT2D eigenvalue weighted by Crippen LogP contribution is 2.32. The van der Waals surface area contributed by atoms with Gasteiger partial charge in [-0.1, -0.05) is 11.3 Å². The average Bonchev–Trinajstić information content (AvgIpc) is 3.44. The Morgan fingerprint density at radius 3 is 2.76 bits per heavy atom. The van der Waals surface area contributed by atoms with Gasteiger partial charge in [-0.05, 0) is 37.0 Å². The SMILES string of the molecule is O=S1(=O)CCN(Cc2cccnc2Oc2ccc3c(c2)nnn3CC2CC2)CC1. The topological polar surface area (TPSA) is 90.2 Å². The van der Waals surface area contributed by atoms with Gasteiger partial charge in [-0.2, -0.15) is 0 Å². The minimum absolute atomic E-state index is 0.205. The summed E-state index contributed by atoms with van der Waals surface area (Å²) in [5, 5.41) is 8.55. The number of hydrogen-bond donors (Lipinski definition) is 0. The van der Waals surface area contributed by atoms with Crippen LogP contribution in [0.3, 0.4) is 0 Å². The van der Waals surface area contributed by atoms with Gasteiger partial charge in [-0.25, -0.2) is 18.1 Å². The smallest absolute Gasteiger partial charge is 0.223 e. The van der Waals surface area contributed by atoms with E-state index in [0.717, 1.165) is 29.1 Å². The molecule has 2 fully saturated rings. The molecule has 0 unspecified atom stereocenters. The lowest BCUT2D eigenvalue weighted by molar-refractivity contribution is 0.283. The summed E-state index contributed by atoms with van der Waals surface area (Å²) in [4.78, 5) is 6.52. The quantitative estimate of drug-likeness (QED) is 0.612. The van der Waals surface area contributed by atoms with Crippen molar-refractivity contribution >= 4 is 20.9 Å². The zero-order chi connectivity index (χ0) is 19.8. The van der Waals surface area contributed by atoms with Crippen molar-refractivity contribution < 1.29 is 13.2 Å². The maximum Gasteiger partial charge on any atom is 0.223 e. The van der Waals surface area contributed by atoms with Gasteiger partial charge >= 0.3 is 0 Å². The van der Waals surface area contributed by atoms with Gasteiger partial charge in [0.2, 0.25) is 5.88 Å². The number of aromatic nitrogens is 4. The average molecular weight is 414 g/mol. The Hall–Kier alpha value is -2.52. The lowest BCUT2D eigenvalue weighted by Gasteiger charge is -2.26. The molecule has 2 aliphatic rings. The molecule has 0 spiro atoms. The van der Waals surface area contributed by atoms with Crippen LogP contribution >= 0.6 is 0 Å². The Labute approximate surface area is 169 Å². The Balaban J connectivity index is 1.32. The molecule has 5 rings (SSSR count). The van der Waals surface area contributed by atoms with Crippen molar-refractivity contribution in [1.29, 1.82) is 0 Å². The maximum atomic E-state index is 11.7. The minimum atomic E-state index is -2.89. The Bertz CT molecular complexity index is 1130. The van der Waals surface area contributed by atoms with Crippen molar-refractivity contribution in [1.82, 2.24) is 24.9 Å². The van der Waals surface area contributed by atoms with Gasteiger partial charge in [-0.15, -0.1) is 5.10 Å².